The van der Waals surface area contributed by atoms with E-state index >= 15 is 0 Å². The average molecular weight is 515 g/mol. The Kier molecular flexibility index (Phi) is 8.04. The molecule has 0 unspecified atom stereocenters. The number of halogens is 2. The standard InChI is InChI=1S/C25H21BrClNO4/c1-29-22-9-6-18(13-23(22)30-2)19(14-28)10-17-11-21(26)25(24(12-17)31-3)32-15-16-4-7-20(27)8-5-16/h4-13H,15H2,1-3H3/b19-10+. The van der Waals surface area contributed by atoms with E-state index in [4.69, 9.17) is 30.5 Å². The molecule has 0 fully saturated rings. The molecule has 0 aliphatic rings. The van der Waals surface area contributed by atoms with E-state index in [2.05, 4.69) is 22.0 Å². The third kappa shape index (κ3) is 5.56. The van der Waals surface area contributed by atoms with Crippen LogP contribution in [0.4, 0.5) is 0 Å². The molecule has 0 N–H and O–H groups in total. The molecule has 5 nitrogen and oxygen atoms in total. The van der Waals surface area contributed by atoms with Crippen LogP contribution >= 0.6 is 27.5 Å². The van der Waals surface area contributed by atoms with E-state index in [1.807, 2.05) is 42.5 Å². The van der Waals surface area contributed by atoms with Gasteiger partial charge in [0.25, 0.3) is 0 Å². The van der Waals surface area contributed by atoms with Crippen LogP contribution in [0.15, 0.2) is 59.1 Å². The zero-order valence-corrected chi connectivity index (χ0v) is 20.2. The molecule has 0 bridgehead atoms. The highest BCUT2D eigenvalue weighted by Gasteiger charge is 2.13. The molecule has 0 heterocycles. The number of hydrogen-bond donors (Lipinski definition) is 0. The normalized spacial score (nSPS) is 10.9. The first-order chi connectivity index (χ1) is 15.5. The number of hydrogen-bond acceptors (Lipinski definition) is 5. The Morgan fingerprint density at radius 1 is 0.938 bits per heavy atom. The van der Waals surface area contributed by atoms with E-state index in [1.54, 1.807) is 39.5 Å². The molecule has 0 atom stereocenters. The van der Waals surface area contributed by atoms with Crippen molar-refractivity contribution in [1.82, 2.24) is 0 Å². The maximum atomic E-state index is 9.74. The van der Waals surface area contributed by atoms with Crippen molar-refractivity contribution in [2.75, 3.05) is 21.3 Å². The molecule has 0 aromatic heterocycles. The summed E-state index contributed by atoms with van der Waals surface area (Å²) in [5.74, 6) is 2.27. The number of nitrogens with zero attached hydrogens (tertiary/aromatic N) is 1. The van der Waals surface area contributed by atoms with Gasteiger partial charge in [-0.3, -0.25) is 0 Å². The summed E-state index contributed by atoms with van der Waals surface area (Å²) >= 11 is 9.50. The van der Waals surface area contributed by atoms with Crippen LogP contribution in [-0.4, -0.2) is 21.3 Å². The molecule has 0 spiro atoms. The molecule has 3 aromatic rings. The first-order valence-electron chi connectivity index (χ1n) is 9.58. The summed E-state index contributed by atoms with van der Waals surface area (Å²) in [5.41, 5.74) is 2.93. The monoisotopic (exact) mass is 513 g/mol. The first kappa shape index (κ1) is 23.5. The van der Waals surface area contributed by atoms with Crippen LogP contribution in [0, 0.1) is 11.3 Å². The number of ether oxygens (including phenoxy) is 4. The Morgan fingerprint density at radius 3 is 2.25 bits per heavy atom. The second-order valence-corrected chi connectivity index (χ2v) is 7.98. The topological polar surface area (TPSA) is 60.7 Å². The average Bonchev–Trinajstić information content (AvgIpc) is 2.82. The lowest BCUT2D eigenvalue weighted by atomic mass is 10.0. The lowest BCUT2D eigenvalue weighted by Crippen LogP contribution is -1.99. The van der Waals surface area contributed by atoms with Gasteiger partial charge in [-0.2, -0.15) is 5.26 Å². The number of rotatable bonds is 8. The Balaban J connectivity index is 1.90. The van der Waals surface area contributed by atoms with E-state index in [-0.39, 0.29) is 0 Å². The molecule has 0 radical (unpaired) electrons. The van der Waals surface area contributed by atoms with Crippen molar-refractivity contribution in [3.8, 4) is 29.1 Å². The molecule has 32 heavy (non-hydrogen) atoms. The molecular formula is C25H21BrClNO4. The van der Waals surface area contributed by atoms with Crippen LogP contribution in [-0.2, 0) is 6.61 Å². The van der Waals surface area contributed by atoms with Crippen LogP contribution in [0.1, 0.15) is 16.7 Å². The van der Waals surface area contributed by atoms with Gasteiger partial charge >= 0.3 is 0 Å². The zero-order valence-electron chi connectivity index (χ0n) is 17.8. The fourth-order valence-electron chi connectivity index (χ4n) is 3.05. The molecule has 0 saturated carbocycles. The summed E-state index contributed by atoms with van der Waals surface area (Å²) in [6.07, 6.45) is 1.78. The summed E-state index contributed by atoms with van der Waals surface area (Å²) in [6.45, 7) is 0.358. The molecule has 0 aliphatic heterocycles. The summed E-state index contributed by atoms with van der Waals surface area (Å²) in [4.78, 5) is 0. The van der Waals surface area contributed by atoms with E-state index in [9.17, 15) is 5.26 Å². The Hall–Kier alpha value is -3.14. The third-order valence-electron chi connectivity index (χ3n) is 4.67. The van der Waals surface area contributed by atoms with Crippen molar-refractivity contribution in [3.63, 3.8) is 0 Å². The van der Waals surface area contributed by atoms with Crippen molar-refractivity contribution < 1.29 is 18.9 Å². The SMILES string of the molecule is COc1ccc(/C(C#N)=C/c2cc(Br)c(OCc3ccc(Cl)cc3)c(OC)c2)cc1OC. The van der Waals surface area contributed by atoms with E-state index in [0.717, 1.165) is 11.1 Å². The largest absolute Gasteiger partial charge is 0.493 e. The van der Waals surface area contributed by atoms with Crippen LogP contribution in [0.25, 0.3) is 11.6 Å². The summed E-state index contributed by atoms with van der Waals surface area (Å²) in [6, 6.07) is 18.7. The smallest absolute Gasteiger partial charge is 0.175 e. The maximum Gasteiger partial charge on any atom is 0.175 e. The van der Waals surface area contributed by atoms with Crippen molar-refractivity contribution >= 4 is 39.2 Å². The zero-order chi connectivity index (χ0) is 23.1. The second kappa shape index (κ2) is 10.9. The first-order valence-corrected chi connectivity index (χ1v) is 10.7. The lowest BCUT2D eigenvalue weighted by molar-refractivity contribution is 0.282. The molecule has 7 heteroatoms. The highest BCUT2D eigenvalue weighted by atomic mass is 79.9. The van der Waals surface area contributed by atoms with Gasteiger partial charge in [-0.1, -0.05) is 23.7 Å². The van der Waals surface area contributed by atoms with Crippen LogP contribution in [0.3, 0.4) is 0 Å². The van der Waals surface area contributed by atoms with Crippen molar-refractivity contribution in [2.45, 2.75) is 6.61 Å². The Morgan fingerprint density at radius 2 is 1.62 bits per heavy atom. The molecule has 3 aromatic carbocycles. The molecule has 164 valence electrons. The minimum atomic E-state index is 0.358. The molecule has 0 amide bonds. The summed E-state index contributed by atoms with van der Waals surface area (Å²) in [5, 5.41) is 10.4. The minimum Gasteiger partial charge on any atom is -0.493 e. The lowest BCUT2D eigenvalue weighted by Gasteiger charge is -2.14. The van der Waals surface area contributed by atoms with Gasteiger partial charge in [0.05, 0.1) is 37.4 Å². The molecular weight excluding hydrogens is 494 g/mol. The molecule has 0 aliphatic carbocycles. The predicted octanol–water partition coefficient (Wildman–Crippen LogP) is 6.77. The van der Waals surface area contributed by atoms with Crippen LogP contribution < -0.4 is 18.9 Å². The van der Waals surface area contributed by atoms with Crippen LogP contribution in [0.2, 0.25) is 5.02 Å². The van der Waals surface area contributed by atoms with Gasteiger partial charge in [0.2, 0.25) is 0 Å². The van der Waals surface area contributed by atoms with E-state index in [0.29, 0.717) is 50.2 Å². The van der Waals surface area contributed by atoms with Gasteiger partial charge < -0.3 is 18.9 Å². The van der Waals surface area contributed by atoms with Gasteiger partial charge in [0.1, 0.15) is 6.61 Å². The number of benzene rings is 3. The minimum absolute atomic E-state index is 0.358. The van der Waals surface area contributed by atoms with Gasteiger partial charge in [0, 0.05) is 5.02 Å². The summed E-state index contributed by atoms with van der Waals surface area (Å²) in [7, 11) is 4.70. The highest BCUT2D eigenvalue weighted by Crippen LogP contribution is 2.38. The van der Waals surface area contributed by atoms with Gasteiger partial charge in [-0.25, -0.2) is 0 Å². The van der Waals surface area contributed by atoms with Gasteiger partial charge in [-0.15, -0.1) is 0 Å². The fourth-order valence-corrected chi connectivity index (χ4v) is 3.75. The molecule has 0 saturated heterocycles. The number of methoxy groups -OCH3 is 3. The van der Waals surface area contributed by atoms with E-state index in [1.165, 1.54) is 0 Å². The maximum absolute atomic E-state index is 9.74. The highest BCUT2D eigenvalue weighted by molar-refractivity contribution is 9.10. The summed E-state index contributed by atoms with van der Waals surface area (Å²) < 4.78 is 22.8. The second-order valence-electron chi connectivity index (χ2n) is 6.69. The van der Waals surface area contributed by atoms with Crippen molar-refractivity contribution in [3.05, 3.63) is 80.8 Å². The van der Waals surface area contributed by atoms with Crippen molar-refractivity contribution in [1.29, 1.82) is 5.26 Å². The molecule has 3 rings (SSSR count). The van der Waals surface area contributed by atoms with E-state index < -0.39 is 0 Å². The number of allylic oxidation sites excluding steroid dienone is 1. The fraction of sp³-hybridized carbons (Fsp3) is 0.160. The van der Waals surface area contributed by atoms with Crippen LogP contribution in [0.5, 0.6) is 23.0 Å². The Bertz CT molecular complexity index is 1170. The predicted molar refractivity (Wildman–Crippen MR) is 130 cm³/mol. The number of nitriles is 1. The Labute approximate surface area is 200 Å². The van der Waals surface area contributed by atoms with Gasteiger partial charge in [-0.05, 0) is 81.2 Å². The van der Waals surface area contributed by atoms with Gasteiger partial charge in [0.15, 0.2) is 23.0 Å². The quantitative estimate of drug-likeness (QED) is 0.245. The third-order valence-corrected chi connectivity index (χ3v) is 5.52. The van der Waals surface area contributed by atoms with Crippen molar-refractivity contribution in [2.24, 2.45) is 0 Å².